The van der Waals surface area contributed by atoms with E-state index in [1.807, 2.05) is 30.3 Å². The molecule has 0 saturated carbocycles. The highest BCUT2D eigenvalue weighted by Crippen LogP contribution is 2.32. The summed E-state index contributed by atoms with van der Waals surface area (Å²) in [5.41, 5.74) is 1.11. The Kier molecular flexibility index (Phi) is 5.03. The minimum atomic E-state index is -3.71. The summed E-state index contributed by atoms with van der Waals surface area (Å²) in [6, 6.07) is 11.3. The van der Waals surface area contributed by atoms with Crippen LogP contribution in [0.4, 0.5) is 0 Å². The molecule has 2 heterocycles. The van der Waals surface area contributed by atoms with Crippen LogP contribution >= 0.6 is 11.3 Å². The SMILES string of the molecule is COC(=O)c1sccc1S(=O)(=O)N1CCCC1Cc1ccccc1. The van der Waals surface area contributed by atoms with Crippen LogP contribution in [-0.2, 0) is 21.2 Å². The molecule has 1 saturated heterocycles. The molecule has 24 heavy (non-hydrogen) atoms. The first-order chi connectivity index (χ1) is 11.5. The number of sulfonamides is 1. The van der Waals surface area contributed by atoms with Gasteiger partial charge in [0.15, 0.2) is 0 Å². The number of ether oxygens (including phenoxy) is 1. The van der Waals surface area contributed by atoms with Crippen molar-refractivity contribution in [3.63, 3.8) is 0 Å². The second kappa shape index (κ2) is 7.04. The number of benzene rings is 1. The van der Waals surface area contributed by atoms with E-state index in [-0.39, 0.29) is 15.8 Å². The van der Waals surface area contributed by atoms with E-state index in [4.69, 9.17) is 4.74 Å². The van der Waals surface area contributed by atoms with Gasteiger partial charge in [-0.1, -0.05) is 30.3 Å². The molecule has 0 spiro atoms. The van der Waals surface area contributed by atoms with Gasteiger partial charge >= 0.3 is 5.97 Å². The molecule has 1 unspecified atom stereocenters. The highest BCUT2D eigenvalue weighted by Gasteiger charge is 2.37. The largest absolute Gasteiger partial charge is 0.465 e. The number of esters is 1. The predicted octanol–water partition coefficient (Wildman–Crippen LogP) is 2.93. The second-order valence-corrected chi connectivity index (χ2v) is 8.48. The van der Waals surface area contributed by atoms with Crippen molar-refractivity contribution < 1.29 is 17.9 Å². The van der Waals surface area contributed by atoms with Crippen LogP contribution in [0.1, 0.15) is 28.1 Å². The average Bonchev–Trinajstić information content (AvgIpc) is 3.24. The van der Waals surface area contributed by atoms with E-state index in [9.17, 15) is 13.2 Å². The maximum atomic E-state index is 13.1. The first-order valence-electron chi connectivity index (χ1n) is 7.75. The minimum Gasteiger partial charge on any atom is -0.465 e. The van der Waals surface area contributed by atoms with Crippen molar-refractivity contribution in [2.75, 3.05) is 13.7 Å². The predicted molar refractivity (Wildman–Crippen MR) is 92.7 cm³/mol. The highest BCUT2D eigenvalue weighted by atomic mass is 32.2. The molecule has 0 radical (unpaired) electrons. The number of methoxy groups -OCH3 is 1. The Balaban J connectivity index is 1.89. The van der Waals surface area contributed by atoms with E-state index < -0.39 is 16.0 Å². The van der Waals surface area contributed by atoms with Crippen molar-refractivity contribution in [1.29, 1.82) is 0 Å². The standard InChI is InChI=1S/C17H19NO4S2/c1-22-17(19)16-15(9-11-23-16)24(20,21)18-10-5-8-14(18)12-13-6-3-2-4-7-13/h2-4,6-7,9,11,14H,5,8,10,12H2,1H3. The van der Waals surface area contributed by atoms with Crippen LogP contribution in [0.5, 0.6) is 0 Å². The lowest BCUT2D eigenvalue weighted by Crippen LogP contribution is -2.37. The summed E-state index contributed by atoms with van der Waals surface area (Å²) in [4.78, 5) is 12.0. The van der Waals surface area contributed by atoms with E-state index in [0.717, 1.165) is 29.7 Å². The summed E-state index contributed by atoms with van der Waals surface area (Å²) < 4.78 is 32.4. The van der Waals surface area contributed by atoms with Crippen LogP contribution < -0.4 is 0 Å². The van der Waals surface area contributed by atoms with Crippen LogP contribution in [0.25, 0.3) is 0 Å². The molecule has 1 aliphatic heterocycles. The Morgan fingerprint density at radius 3 is 2.75 bits per heavy atom. The van der Waals surface area contributed by atoms with Gasteiger partial charge in [-0.3, -0.25) is 0 Å². The van der Waals surface area contributed by atoms with Crippen LogP contribution in [-0.4, -0.2) is 38.4 Å². The quantitative estimate of drug-likeness (QED) is 0.764. The van der Waals surface area contributed by atoms with Crippen LogP contribution in [0.15, 0.2) is 46.7 Å². The Morgan fingerprint density at radius 2 is 2.04 bits per heavy atom. The molecule has 3 rings (SSSR count). The number of thiophene rings is 1. The molecular formula is C17H19NO4S2. The van der Waals surface area contributed by atoms with Gasteiger partial charge < -0.3 is 4.74 Å². The van der Waals surface area contributed by atoms with Gasteiger partial charge in [-0.25, -0.2) is 13.2 Å². The van der Waals surface area contributed by atoms with Crippen molar-refractivity contribution in [3.05, 3.63) is 52.2 Å². The number of carbonyl (C=O) groups is 1. The van der Waals surface area contributed by atoms with Gasteiger partial charge in [-0.2, -0.15) is 4.31 Å². The molecule has 1 aromatic heterocycles. The molecule has 1 aromatic carbocycles. The topological polar surface area (TPSA) is 63.7 Å². The van der Waals surface area contributed by atoms with Crippen molar-refractivity contribution >= 4 is 27.3 Å². The van der Waals surface area contributed by atoms with Gasteiger partial charge in [-0.15, -0.1) is 11.3 Å². The van der Waals surface area contributed by atoms with Crippen molar-refractivity contribution in [2.24, 2.45) is 0 Å². The van der Waals surface area contributed by atoms with Gasteiger partial charge in [0.2, 0.25) is 10.0 Å². The first-order valence-corrected chi connectivity index (χ1v) is 10.1. The third-order valence-corrected chi connectivity index (χ3v) is 7.24. The molecule has 128 valence electrons. The summed E-state index contributed by atoms with van der Waals surface area (Å²) >= 11 is 1.09. The van der Waals surface area contributed by atoms with E-state index in [2.05, 4.69) is 0 Å². The lowest BCUT2D eigenvalue weighted by Gasteiger charge is -2.24. The van der Waals surface area contributed by atoms with E-state index >= 15 is 0 Å². The van der Waals surface area contributed by atoms with E-state index in [0.29, 0.717) is 13.0 Å². The number of rotatable bonds is 5. The van der Waals surface area contributed by atoms with E-state index in [1.54, 1.807) is 5.38 Å². The Labute approximate surface area is 145 Å². The third-order valence-electron chi connectivity index (χ3n) is 4.22. The van der Waals surface area contributed by atoms with Crippen molar-refractivity contribution in [1.82, 2.24) is 4.31 Å². The average molecular weight is 365 g/mol. The van der Waals surface area contributed by atoms with Crippen LogP contribution in [0.2, 0.25) is 0 Å². The molecule has 0 aliphatic carbocycles. The number of hydrogen-bond donors (Lipinski definition) is 0. The molecular weight excluding hydrogens is 346 g/mol. The number of nitrogens with zero attached hydrogens (tertiary/aromatic N) is 1. The number of carbonyl (C=O) groups excluding carboxylic acids is 1. The fourth-order valence-corrected chi connectivity index (χ4v) is 6.09. The van der Waals surface area contributed by atoms with Crippen molar-refractivity contribution in [3.8, 4) is 0 Å². The molecule has 0 amide bonds. The Hall–Kier alpha value is -1.70. The smallest absolute Gasteiger partial charge is 0.349 e. The van der Waals surface area contributed by atoms with Gasteiger partial charge in [0.25, 0.3) is 0 Å². The fourth-order valence-electron chi connectivity index (χ4n) is 3.08. The molecule has 1 atom stereocenters. The van der Waals surface area contributed by atoms with E-state index in [1.165, 1.54) is 17.5 Å². The van der Waals surface area contributed by atoms with Gasteiger partial charge in [-0.05, 0) is 36.3 Å². The van der Waals surface area contributed by atoms with Crippen molar-refractivity contribution in [2.45, 2.75) is 30.2 Å². The molecule has 0 N–H and O–H groups in total. The fraction of sp³-hybridized carbons (Fsp3) is 0.353. The van der Waals surface area contributed by atoms with Gasteiger partial charge in [0.05, 0.1) is 7.11 Å². The molecule has 5 nitrogen and oxygen atoms in total. The molecule has 1 fully saturated rings. The summed E-state index contributed by atoms with van der Waals surface area (Å²) in [5.74, 6) is -0.609. The Bertz CT molecular complexity index is 814. The van der Waals surface area contributed by atoms with Gasteiger partial charge in [0, 0.05) is 12.6 Å². The maximum absolute atomic E-state index is 13.1. The third kappa shape index (κ3) is 3.24. The highest BCUT2D eigenvalue weighted by molar-refractivity contribution is 7.89. The molecule has 0 bridgehead atoms. The zero-order valence-corrected chi connectivity index (χ0v) is 15.0. The summed E-state index contributed by atoms with van der Waals surface area (Å²) in [6.45, 7) is 0.482. The minimum absolute atomic E-state index is 0.0549. The molecule has 7 heteroatoms. The zero-order chi connectivity index (χ0) is 17.2. The second-order valence-electron chi connectivity index (χ2n) is 5.71. The number of hydrogen-bond acceptors (Lipinski definition) is 5. The Morgan fingerprint density at radius 1 is 1.29 bits per heavy atom. The monoisotopic (exact) mass is 365 g/mol. The normalized spacial score (nSPS) is 18.6. The van der Waals surface area contributed by atoms with Crippen LogP contribution in [0.3, 0.4) is 0 Å². The lowest BCUT2D eigenvalue weighted by molar-refractivity contribution is 0.0602. The van der Waals surface area contributed by atoms with Crippen LogP contribution in [0, 0.1) is 0 Å². The first kappa shape index (κ1) is 17.1. The summed E-state index contributed by atoms with van der Waals surface area (Å²) in [5, 5.41) is 1.61. The molecule has 2 aromatic rings. The lowest BCUT2D eigenvalue weighted by atomic mass is 10.1. The summed E-state index contributed by atoms with van der Waals surface area (Å²) in [6.07, 6.45) is 2.33. The van der Waals surface area contributed by atoms with Gasteiger partial charge in [0.1, 0.15) is 9.77 Å². The molecule has 1 aliphatic rings. The maximum Gasteiger partial charge on any atom is 0.349 e. The summed E-state index contributed by atoms with van der Waals surface area (Å²) in [7, 11) is -2.45. The zero-order valence-electron chi connectivity index (χ0n) is 13.3.